The molecule has 0 aromatic rings. The summed E-state index contributed by atoms with van der Waals surface area (Å²) in [5, 5.41) is 8.06. The van der Waals surface area contributed by atoms with Crippen molar-refractivity contribution >= 4 is 23.7 Å². The van der Waals surface area contributed by atoms with Crippen molar-refractivity contribution in [2.45, 2.75) is 135 Å². The van der Waals surface area contributed by atoms with Crippen molar-refractivity contribution in [1.82, 2.24) is 16.0 Å². The predicted octanol–water partition coefficient (Wildman–Crippen LogP) is 3.24. The quantitative estimate of drug-likeness (QED) is 0.186. The second-order valence-electron chi connectivity index (χ2n) is 9.91. The summed E-state index contributed by atoms with van der Waals surface area (Å²) in [4.78, 5) is 50.8. The van der Waals surface area contributed by atoms with E-state index in [9.17, 15) is 19.2 Å². The average Bonchev–Trinajstić information content (AvgIpc) is 2.85. The standard InChI is InChI=1S/C27H50N4O5/c1-3-5-6-7-8-9-10-11-12-16-21-19-24(32)29-20-25(33)30-22(17-13-14-18-28)26(34)31-23(15-4-2)27(35)36-21/h21-23H,3-20,28H2,1-2H3,(H,29,32)(H,30,33)(H,31,34)/t21-,22+,23+/m1/s1. The molecule has 0 aromatic carbocycles. The second kappa shape index (κ2) is 20.0. The third kappa shape index (κ3) is 14.4. The maximum atomic E-state index is 13.0. The Balaban J connectivity index is 2.74. The van der Waals surface area contributed by atoms with E-state index in [0.29, 0.717) is 38.6 Å². The highest BCUT2D eigenvalue weighted by atomic mass is 16.5. The Morgan fingerprint density at radius 2 is 1.36 bits per heavy atom. The van der Waals surface area contributed by atoms with E-state index in [2.05, 4.69) is 22.9 Å². The van der Waals surface area contributed by atoms with Gasteiger partial charge >= 0.3 is 5.97 Å². The lowest BCUT2D eigenvalue weighted by Crippen LogP contribution is -2.53. The lowest BCUT2D eigenvalue weighted by atomic mass is 10.0. The summed E-state index contributed by atoms with van der Waals surface area (Å²) in [5.41, 5.74) is 5.56. The molecule has 0 unspecified atom stereocenters. The molecule has 1 aliphatic heterocycles. The third-order valence-electron chi connectivity index (χ3n) is 6.55. The number of esters is 1. The minimum atomic E-state index is -0.814. The first-order valence-electron chi connectivity index (χ1n) is 14.2. The van der Waals surface area contributed by atoms with E-state index in [1.54, 1.807) is 0 Å². The van der Waals surface area contributed by atoms with Gasteiger partial charge in [-0.05, 0) is 45.1 Å². The van der Waals surface area contributed by atoms with Crippen molar-refractivity contribution in [2.75, 3.05) is 13.1 Å². The Morgan fingerprint density at radius 1 is 0.722 bits per heavy atom. The van der Waals surface area contributed by atoms with Crippen LogP contribution < -0.4 is 21.7 Å². The van der Waals surface area contributed by atoms with Gasteiger partial charge in [-0.25, -0.2) is 4.79 Å². The SMILES string of the molecule is CCCCCCCCCCC[C@@H]1CC(=O)NCC(=O)N[C@@H](CCCCN)C(=O)N[C@@H](CCC)C(=O)O1. The molecule has 208 valence electrons. The van der Waals surface area contributed by atoms with Crippen LogP contribution in [0.5, 0.6) is 0 Å². The second-order valence-corrected chi connectivity index (χ2v) is 9.91. The summed E-state index contributed by atoms with van der Waals surface area (Å²) in [6.07, 6.45) is 13.4. The zero-order valence-corrected chi connectivity index (χ0v) is 22.6. The number of carbonyl (C=O) groups is 4. The van der Waals surface area contributed by atoms with Crippen molar-refractivity contribution in [1.29, 1.82) is 0 Å². The smallest absolute Gasteiger partial charge is 0.328 e. The molecule has 0 spiro atoms. The van der Waals surface area contributed by atoms with E-state index in [0.717, 1.165) is 25.7 Å². The number of nitrogens with two attached hydrogens (primary N) is 1. The Kier molecular flexibility index (Phi) is 17.7. The van der Waals surface area contributed by atoms with Crippen LogP contribution in [0, 0.1) is 0 Å². The number of hydrogen-bond acceptors (Lipinski definition) is 6. The molecule has 1 fully saturated rings. The maximum absolute atomic E-state index is 13.0. The largest absolute Gasteiger partial charge is 0.460 e. The molecule has 9 nitrogen and oxygen atoms in total. The van der Waals surface area contributed by atoms with Crippen LogP contribution in [0.15, 0.2) is 0 Å². The van der Waals surface area contributed by atoms with Crippen molar-refractivity contribution < 1.29 is 23.9 Å². The molecule has 9 heteroatoms. The van der Waals surface area contributed by atoms with Crippen LogP contribution >= 0.6 is 0 Å². The summed E-state index contributed by atoms with van der Waals surface area (Å²) >= 11 is 0. The van der Waals surface area contributed by atoms with E-state index in [-0.39, 0.29) is 18.9 Å². The number of rotatable bonds is 16. The lowest BCUT2D eigenvalue weighted by molar-refractivity contribution is -0.155. The Labute approximate surface area is 217 Å². The molecule has 1 aliphatic rings. The van der Waals surface area contributed by atoms with E-state index < -0.39 is 36.0 Å². The van der Waals surface area contributed by atoms with Gasteiger partial charge in [0, 0.05) is 0 Å². The summed E-state index contributed by atoms with van der Waals surface area (Å²) in [5.74, 6) is -1.73. The van der Waals surface area contributed by atoms with Crippen LogP contribution in [0.2, 0.25) is 0 Å². The molecule has 1 saturated heterocycles. The van der Waals surface area contributed by atoms with E-state index in [1.165, 1.54) is 38.5 Å². The van der Waals surface area contributed by atoms with Gasteiger partial charge in [0.1, 0.15) is 18.2 Å². The first-order chi connectivity index (χ1) is 17.4. The summed E-state index contributed by atoms with van der Waals surface area (Å²) < 4.78 is 5.74. The molecule has 5 N–H and O–H groups in total. The maximum Gasteiger partial charge on any atom is 0.328 e. The minimum Gasteiger partial charge on any atom is -0.460 e. The van der Waals surface area contributed by atoms with Gasteiger partial charge in [-0.15, -0.1) is 0 Å². The normalized spacial score (nSPS) is 21.9. The van der Waals surface area contributed by atoms with Gasteiger partial charge in [0.25, 0.3) is 0 Å². The van der Waals surface area contributed by atoms with Gasteiger partial charge in [0.05, 0.1) is 13.0 Å². The van der Waals surface area contributed by atoms with Crippen LogP contribution in [0.1, 0.15) is 117 Å². The summed E-state index contributed by atoms with van der Waals surface area (Å²) in [7, 11) is 0. The lowest BCUT2D eigenvalue weighted by Gasteiger charge is -2.24. The average molecular weight is 511 g/mol. The minimum absolute atomic E-state index is 0.00274. The molecule has 0 bridgehead atoms. The monoisotopic (exact) mass is 510 g/mol. The van der Waals surface area contributed by atoms with Crippen LogP contribution in [0.4, 0.5) is 0 Å². The van der Waals surface area contributed by atoms with Crippen molar-refractivity contribution in [3.05, 3.63) is 0 Å². The van der Waals surface area contributed by atoms with Gasteiger partial charge in [-0.1, -0.05) is 71.6 Å². The van der Waals surface area contributed by atoms with Crippen molar-refractivity contribution in [3.8, 4) is 0 Å². The van der Waals surface area contributed by atoms with Crippen molar-refractivity contribution in [2.24, 2.45) is 5.73 Å². The zero-order valence-electron chi connectivity index (χ0n) is 22.6. The van der Waals surface area contributed by atoms with E-state index >= 15 is 0 Å². The molecule has 1 heterocycles. The molecule has 1 rings (SSSR count). The van der Waals surface area contributed by atoms with Crippen LogP contribution in [0.3, 0.4) is 0 Å². The Bertz CT molecular complexity index is 658. The number of unbranched alkanes of at least 4 members (excludes halogenated alkanes) is 9. The fraction of sp³-hybridized carbons (Fsp3) is 0.852. The van der Waals surface area contributed by atoms with Gasteiger partial charge in [-0.3, -0.25) is 14.4 Å². The van der Waals surface area contributed by atoms with Gasteiger partial charge in [0.15, 0.2) is 0 Å². The highest BCUT2D eigenvalue weighted by Gasteiger charge is 2.30. The number of cyclic esters (lactones) is 1. The van der Waals surface area contributed by atoms with Gasteiger partial charge in [0.2, 0.25) is 17.7 Å². The fourth-order valence-corrected chi connectivity index (χ4v) is 4.41. The molecule has 0 radical (unpaired) electrons. The molecule has 36 heavy (non-hydrogen) atoms. The molecular weight excluding hydrogens is 460 g/mol. The summed E-state index contributed by atoms with van der Waals surface area (Å²) in [6, 6.07) is -1.61. The van der Waals surface area contributed by atoms with Crippen LogP contribution in [-0.4, -0.2) is 55.0 Å². The topological polar surface area (TPSA) is 140 Å². The molecule has 3 amide bonds. The number of amides is 3. The third-order valence-corrected chi connectivity index (χ3v) is 6.55. The molecule has 0 aromatic heterocycles. The van der Waals surface area contributed by atoms with E-state index in [4.69, 9.17) is 10.5 Å². The first-order valence-corrected chi connectivity index (χ1v) is 14.2. The fourth-order valence-electron chi connectivity index (χ4n) is 4.41. The molecule has 0 aliphatic carbocycles. The number of ether oxygens (including phenoxy) is 1. The number of carbonyl (C=O) groups excluding carboxylic acids is 4. The Hall–Kier alpha value is -2.16. The van der Waals surface area contributed by atoms with Crippen LogP contribution in [-0.2, 0) is 23.9 Å². The van der Waals surface area contributed by atoms with Gasteiger partial charge < -0.3 is 26.4 Å². The predicted molar refractivity (Wildman–Crippen MR) is 141 cm³/mol. The van der Waals surface area contributed by atoms with E-state index in [1.807, 2.05) is 6.92 Å². The molecule has 3 atom stereocenters. The van der Waals surface area contributed by atoms with Crippen molar-refractivity contribution in [3.63, 3.8) is 0 Å². The zero-order chi connectivity index (χ0) is 26.6. The number of nitrogens with one attached hydrogen (secondary N) is 3. The number of hydrogen-bond donors (Lipinski definition) is 4. The summed E-state index contributed by atoms with van der Waals surface area (Å²) in [6.45, 7) is 4.40. The van der Waals surface area contributed by atoms with Gasteiger partial charge in [-0.2, -0.15) is 0 Å². The van der Waals surface area contributed by atoms with Crippen LogP contribution in [0.25, 0.3) is 0 Å². The molecule has 0 saturated carbocycles. The Morgan fingerprint density at radius 3 is 2.00 bits per heavy atom. The highest BCUT2D eigenvalue weighted by molar-refractivity contribution is 5.92. The first kappa shape index (κ1) is 31.9. The highest BCUT2D eigenvalue weighted by Crippen LogP contribution is 2.16. The molecular formula is C27H50N4O5.